The summed E-state index contributed by atoms with van der Waals surface area (Å²) < 4.78 is 103. The number of hydrogen-bond donors (Lipinski definition) is 1. The van der Waals surface area contributed by atoms with Gasteiger partial charge in [-0.15, -0.1) is 0 Å². The van der Waals surface area contributed by atoms with Gasteiger partial charge in [0.25, 0.3) is 5.91 Å². The van der Waals surface area contributed by atoms with E-state index >= 15 is 0 Å². The summed E-state index contributed by atoms with van der Waals surface area (Å²) >= 11 is 5.16. The molecule has 1 saturated heterocycles. The van der Waals surface area contributed by atoms with Crippen molar-refractivity contribution >= 4 is 40.6 Å². The molecule has 11 heteroatoms. The van der Waals surface area contributed by atoms with Gasteiger partial charge in [-0.3, -0.25) is 9.69 Å². The molecule has 0 radical (unpaired) electrons. The largest absolute Gasteiger partial charge is 0.478 e. The number of carboxylic acids is 1. The van der Waals surface area contributed by atoms with Gasteiger partial charge in [-0.05, 0) is 62.3 Å². The molecule has 0 aromatic heterocycles. The first-order valence-corrected chi connectivity index (χ1v) is 8.54. The predicted molar refractivity (Wildman–Crippen MR) is 106 cm³/mol. The lowest BCUT2D eigenvalue weighted by Crippen LogP contribution is -2.44. The second kappa shape index (κ2) is 7.31. The molecule has 1 heterocycles. The van der Waals surface area contributed by atoms with Crippen LogP contribution in [0.25, 0.3) is 0 Å². The van der Waals surface area contributed by atoms with Gasteiger partial charge in [-0.2, -0.15) is 18.4 Å². The Labute approximate surface area is 187 Å². The lowest BCUT2D eigenvalue weighted by atomic mass is 10.0. The zero-order valence-corrected chi connectivity index (χ0v) is 15.8. The van der Waals surface area contributed by atoms with Crippen LogP contribution in [0, 0.1) is 17.1 Å². The third kappa shape index (κ3) is 3.59. The number of thiocarbonyl (C=S) groups is 1. The number of nitrogens with zero attached hydrogens (tertiary/aromatic N) is 3. The minimum Gasteiger partial charge on any atom is -0.478 e. The summed E-state index contributed by atoms with van der Waals surface area (Å²) in [5, 5.41) is 17.2. The molecule has 3 rings (SSSR count). The number of amides is 1. The van der Waals surface area contributed by atoms with E-state index in [4.69, 9.17) is 30.8 Å². The van der Waals surface area contributed by atoms with E-state index in [-0.39, 0.29) is 9.80 Å². The molecule has 6 nitrogen and oxygen atoms in total. The summed E-state index contributed by atoms with van der Waals surface area (Å²) in [7, 11) is 0. The Morgan fingerprint density at radius 3 is 2.39 bits per heavy atom. The van der Waals surface area contributed by atoms with Gasteiger partial charge in [-0.25, -0.2) is 9.18 Å². The predicted octanol–water partition coefficient (Wildman–Crippen LogP) is 4.33. The zero-order valence-electron chi connectivity index (χ0n) is 21.0. The maximum Gasteiger partial charge on any atom is 0.417 e. The van der Waals surface area contributed by atoms with Crippen molar-refractivity contribution < 1.29 is 40.5 Å². The maximum absolute atomic E-state index is 14.5. The minimum atomic E-state index is -5.09. The number of rotatable bonds is 3. The fraction of sp³-hybridized carbons (Fsp3) is 0.200. The number of aromatic carboxylic acids is 1. The number of halogens is 4. The number of anilines is 2. The van der Waals surface area contributed by atoms with E-state index in [1.165, 1.54) is 6.07 Å². The Kier molecular flexibility index (Phi) is 3.61. The van der Waals surface area contributed by atoms with E-state index in [1.54, 1.807) is 0 Å². The number of carbonyl (C=O) groups excluding carboxylic acids is 1. The third-order valence-electron chi connectivity index (χ3n) is 4.36. The van der Waals surface area contributed by atoms with Gasteiger partial charge < -0.3 is 10.0 Å². The second-order valence-corrected chi connectivity index (χ2v) is 6.64. The van der Waals surface area contributed by atoms with Crippen molar-refractivity contribution in [1.82, 2.24) is 0 Å². The molecule has 0 bridgehead atoms. The highest BCUT2D eigenvalue weighted by Gasteiger charge is 2.50. The van der Waals surface area contributed by atoms with Crippen molar-refractivity contribution in [3.63, 3.8) is 0 Å². The van der Waals surface area contributed by atoms with Crippen LogP contribution in [0.15, 0.2) is 36.4 Å². The Bertz CT molecular complexity index is 1360. The summed E-state index contributed by atoms with van der Waals surface area (Å²) in [6, 6.07) is 5.09. The molecule has 0 atom stereocenters. The van der Waals surface area contributed by atoms with E-state index in [0.29, 0.717) is 24.3 Å². The van der Waals surface area contributed by atoms with Gasteiger partial charge in [0.05, 0.1) is 28.4 Å². The van der Waals surface area contributed by atoms with Crippen LogP contribution in [0.1, 0.15) is 43.4 Å². The number of carboxylic acid groups (broad SMARTS) is 1. The number of carbonyl (C=O) groups is 2. The molecule has 1 fully saturated rings. The van der Waals surface area contributed by atoms with Gasteiger partial charge in [-0.1, -0.05) is 0 Å². The van der Waals surface area contributed by atoms with Crippen molar-refractivity contribution in [3.05, 3.63) is 58.9 Å². The van der Waals surface area contributed by atoms with Gasteiger partial charge in [0.15, 0.2) is 5.11 Å². The van der Waals surface area contributed by atoms with Crippen molar-refractivity contribution in [2.75, 3.05) is 9.80 Å². The Morgan fingerprint density at radius 2 is 1.87 bits per heavy atom. The summed E-state index contributed by atoms with van der Waals surface area (Å²) in [5.41, 5.74) is -8.11. The molecule has 2 aromatic carbocycles. The van der Waals surface area contributed by atoms with Gasteiger partial charge in [0.2, 0.25) is 0 Å². The molecule has 1 aliphatic heterocycles. The maximum atomic E-state index is 14.5. The topological polar surface area (TPSA) is 84.6 Å². The summed E-state index contributed by atoms with van der Waals surface area (Å²) in [6.45, 7) is -7.45. The molecule has 160 valence electrons. The number of nitriles is 1. The van der Waals surface area contributed by atoms with E-state index < -0.39 is 76.3 Å². The molecule has 0 spiro atoms. The normalized spacial score (nSPS) is 19.6. The first-order chi connectivity index (χ1) is 16.8. The summed E-state index contributed by atoms with van der Waals surface area (Å²) in [5.74, 6) is -4.90. The average Bonchev–Trinajstić information content (AvgIpc) is 2.99. The zero-order chi connectivity index (χ0) is 28.3. The third-order valence-corrected chi connectivity index (χ3v) is 4.72. The van der Waals surface area contributed by atoms with Crippen LogP contribution in [0.5, 0.6) is 0 Å². The molecule has 2 aromatic rings. The first-order valence-electron chi connectivity index (χ1n) is 11.1. The van der Waals surface area contributed by atoms with Crippen LogP contribution in [0.3, 0.4) is 0 Å². The second-order valence-electron chi connectivity index (χ2n) is 6.28. The highest BCUT2D eigenvalue weighted by molar-refractivity contribution is 7.81. The van der Waals surface area contributed by atoms with Crippen LogP contribution in [-0.2, 0) is 11.0 Å². The molecular formula is C20H13F4N3O3S. The Morgan fingerprint density at radius 1 is 1.23 bits per heavy atom. The Balaban J connectivity index is 2.38. The first kappa shape index (κ1) is 15.3. The lowest BCUT2D eigenvalue weighted by molar-refractivity contribution is -0.137. The Hall–Kier alpha value is -3.52. The molecule has 31 heavy (non-hydrogen) atoms. The SMILES string of the molecule is [2H]C([2H])([2H])C1(C([2H])([2H])[2H])C(=O)N(c2ccc(C#N)c(C(F)(F)F)c2)C(=S)N1c1ccc(C(=O)O)c(F)c1. The molecule has 1 amide bonds. The lowest BCUT2D eigenvalue weighted by Gasteiger charge is -2.29. The minimum absolute atomic E-state index is 0.244. The smallest absolute Gasteiger partial charge is 0.417 e. The summed E-state index contributed by atoms with van der Waals surface area (Å²) in [4.78, 5) is 25.3. The van der Waals surface area contributed by atoms with Crippen molar-refractivity contribution in [1.29, 1.82) is 5.26 Å². The molecule has 0 unspecified atom stereocenters. The van der Waals surface area contributed by atoms with Crippen molar-refractivity contribution in [2.45, 2.75) is 25.4 Å². The van der Waals surface area contributed by atoms with Crippen LogP contribution in [0.2, 0.25) is 0 Å². The molecule has 1 aliphatic rings. The van der Waals surface area contributed by atoms with Crippen LogP contribution in [-0.4, -0.2) is 27.6 Å². The van der Waals surface area contributed by atoms with E-state index in [0.717, 1.165) is 12.1 Å². The molecular weight excluding hydrogens is 438 g/mol. The van der Waals surface area contributed by atoms with Crippen LogP contribution < -0.4 is 9.80 Å². The van der Waals surface area contributed by atoms with Gasteiger partial charge in [0.1, 0.15) is 11.4 Å². The number of benzene rings is 2. The van der Waals surface area contributed by atoms with Gasteiger partial charge in [0, 0.05) is 13.9 Å². The fourth-order valence-corrected chi connectivity index (χ4v) is 3.37. The standard InChI is InChI=1S/C20H13F4N3O3S/c1-19(2)17(30)26(11-4-3-10(9-25)14(7-11)20(22,23)24)18(31)27(19)12-5-6-13(16(28)29)15(21)8-12/h3-8H,1-2H3,(H,28,29)/i1D3,2D3. The number of alkyl halides is 3. The van der Waals surface area contributed by atoms with E-state index in [2.05, 4.69) is 0 Å². The average molecular weight is 457 g/mol. The fourth-order valence-electron chi connectivity index (χ4n) is 2.94. The van der Waals surface area contributed by atoms with Gasteiger partial charge >= 0.3 is 12.1 Å². The van der Waals surface area contributed by atoms with E-state index in [9.17, 15) is 27.2 Å². The summed E-state index contributed by atoms with van der Waals surface area (Å²) in [6.07, 6.45) is -5.09. The van der Waals surface area contributed by atoms with Crippen LogP contribution >= 0.6 is 12.2 Å². The molecule has 0 saturated carbocycles. The van der Waals surface area contributed by atoms with Crippen LogP contribution in [0.4, 0.5) is 28.9 Å². The monoisotopic (exact) mass is 457 g/mol. The number of hydrogen-bond acceptors (Lipinski definition) is 4. The molecule has 0 aliphatic carbocycles. The van der Waals surface area contributed by atoms with Crippen molar-refractivity contribution in [2.24, 2.45) is 0 Å². The highest BCUT2D eigenvalue weighted by Crippen LogP contribution is 2.39. The highest BCUT2D eigenvalue weighted by atomic mass is 32.1. The van der Waals surface area contributed by atoms with Crippen molar-refractivity contribution in [3.8, 4) is 6.07 Å². The van der Waals surface area contributed by atoms with E-state index in [1.807, 2.05) is 0 Å². The quantitative estimate of drug-likeness (QED) is 0.546. The molecule has 1 N–H and O–H groups in total.